The molecule has 0 saturated heterocycles. The van der Waals surface area contributed by atoms with Crippen LogP contribution in [-0.4, -0.2) is 23.1 Å². The lowest BCUT2D eigenvalue weighted by molar-refractivity contribution is -0.116. The third kappa shape index (κ3) is 3.83. The molecule has 0 unspecified atom stereocenters. The standard InChI is InChI=1S/C19H18N2O4S/c1-3-25-19(24)13-5-4-6-14(10-13)20-17(22)11-21-8-7-16-15(18(21)23)9-12(2)26-16/h4-10H,3,11H2,1-2H3,(H,20,22). The lowest BCUT2D eigenvalue weighted by Gasteiger charge is -2.09. The van der Waals surface area contributed by atoms with Crippen LogP contribution in [-0.2, 0) is 16.1 Å². The lowest BCUT2D eigenvalue weighted by atomic mass is 10.2. The van der Waals surface area contributed by atoms with Crippen LogP contribution in [0.5, 0.6) is 0 Å². The summed E-state index contributed by atoms with van der Waals surface area (Å²) in [6, 6.07) is 10.2. The Hall–Kier alpha value is -2.93. The molecule has 2 heterocycles. The predicted octanol–water partition coefficient (Wildman–Crippen LogP) is 3.19. The first kappa shape index (κ1) is 17.9. The van der Waals surface area contributed by atoms with Gasteiger partial charge in [-0.1, -0.05) is 6.07 Å². The molecule has 0 spiro atoms. The number of ether oxygens (including phenoxy) is 1. The average molecular weight is 370 g/mol. The lowest BCUT2D eigenvalue weighted by Crippen LogP contribution is -2.27. The van der Waals surface area contributed by atoms with Crippen molar-refractivity contribution in [3.8, 4) is 0 Å². The van der Waals surface area contributed by atoms with Crippen LogP contribution in [0, 0.1) is 6.92 Å². The van der Waals surface area contributed by atoms with E-state index in [2.05, 4.69) is 5.32 Å². The van der Waals surface area contributed by atoms with E-state index in [9.17, 15) is 14.4 Å². The van der Waals surface area contributed by atoms with Crippen molar-refractivity contribution < 1.29 is 14.3 Å². The normalized spacial score (nSPS) is 10.7. The van der Waals surface area contributed by atoms with Gasteiger partial charge in [-0.2, -0.15) is 0 Å². The highest BCUT2D eigenvalue weighted by molar-refractivity contribution is 7.18. The topological polar surface area (TPSA) is 77.4 Å². The Bertz CT molecular complexity index is 1040. The number of carbonyl (C=O) groups is 2. The summed E-state index contributed by atoms with van der Waals surface area (Å²) in [7, 11) is 0. The number of carbonyl (C=O) groups excluding carboxylic acids is 2. The number of hydrogen-bond acceptors (Lipinski definition) is 5. The molecule has 2 aromatic heterocycles. The maximum absolute atomic E-state index is 12.5. The highest BCUT2D eigenvalue weighted by atomic mass is 32.1. The first-order chi connectivity index (χ1) is 12.5. The molecule has 0 aliphatic heterocycles. The monoisotopic (exact) mass is 370 g/mol. The molecule has 1 aromatic carbocycles. The number of esters is 1. The first-order valence-electron chi connectivity index (χ1n) is 8.14. The molecule has 0 radical (unpaired) electrons. The van der Waals surface area contributed by atoms with E-state index in [1.54, 1.807) is 48.7 Å². The summed E-state index contributed by atoms with van der Waals surface area (Å²) in [4.78, 5) is 37.6. The molecule has 0 atom stereocenters. The number of rotatable bonds is 5. The Balaban J connectivity index is 1.75. The molecule has 0 aliphatic rings. The fourth-order valence-electron chi connectivity index (χ4n) is 2.62. The van der Waals surface area contributed by atoms with Gasteiger partial charge in [-0.05, 0) is 44.2 Å². The zero-order valence-electron chi connectivity index (χ0n) is 14.4. The number of aromatic nitrogens is 1. The van der Waals surface area contributed by atoms with Crippen LogP contribution in [0.4, 0.5) is 5.69 Å². The second kappa shape index (κ2) is 7.53. The van der Waals surface area contributed by atoms with Crippen molar-refractivity contribution in [3.63, 3.8) is 0 Å². The fourth-order valence-corrected chi connectivity index (χ4v) is 3.53. The number of fused-ring (bicyclic) bond motifs is 1. The summed E-state index contributed by atoms with van der Waals surface area (Å²) in [6.07, 6.45) is 1.62. The zero-order chi connectivity index (χ0) is 18.7. The van der Waals surface area contributed by atoms with Crippen molar-refractivity contribution in [3.05, 3.63) is 63.4 Å². The van der Waals surface area contributed by atoms with Crippen LogP contribution < -0.4 is 10.9 Å². The molecule has 6 nitrogen and oxygen atoms in total. The van der Waals surface area contributed by atoms with E-state index in [4.69, 9.17) is 4.74 Å². The molecule has 26 heavy (non-hydrogen) atoms. The molecule has 0 fully saturated rings. The van der Waals surface area contributed by atoms with Gasteiger partial charge < -0.3 is 14.6 Å². The van der Waals surface area contributed by atoms with Gasteiger partial charge in [-0.3, -0.25) is 9.59 Å². The molecular formula is C19H18N2O4S. The summed E-state index contributed by atoms with van der Waals surface area (Å²) >= 11 is 1.55. The van der Waals surface area contributed by atoms with Gasteiger partial charge in [0.05, 0.1) is 17.6 Å². The molecule has 134 valence electrons. The first-order valence-corrected chi connectivity index (χ1v) is 8.96. The Kier molecular flexibility index (Phi) is 5.18. The molecular weight excluding hydrogens is 352 g/mol. The Morgan fingerprint density at radius 1 is 1.23 bits per heavy atom. The van der Waals surface area contributed by atoms with Crippen LogP contribution in [0.2, 0.25) is 0 Å². The highest BCUT2D eigenvalue weighted by Gasteiger charge is 2.11. The van der Waals surface area contributed by atoms with Gasteiger partial charge in [0.2, 0.25) is 5.91 Å². The van der Waals surface area contributed by atoms with Crippen molar-refractivity contribution in [1.29, 1.82) is 0 Å². The number of nitrogens with zero attached hydrogens (tertiary/aromatic N) is 1. The van der Waals surface area contributed by atoms with Gasteiger partial charge in [0.1, 0.15) is 6.54 Å². The molecule has 0 aliphatic carbocycles. The van der Waals surface area contributed by atoms with Crippen molar-refractivity contribution in [1.82, 2.24) is 4.57 Å². The number of pyridine rings is 1. The molecule has 3 rings (SSSR count). The third-order valence-corrected chi connectivity index (χ3v) is 4.77. The van der Waals surface area contributed by atoms with E-state index in [0.717, 1.165) is 9.58 Å². The smallest absolute Gasteiger partial charge is 0.338 e. The Morgan fingerprint density at radius 3 is 2.81 bits per heavy atom. The van der Waals surface area contributed by atoms with Gasteiger partial charge in [-0.25, -0.2) is 4.79 Å². The number of benzene rings is 1. The van der Waals surface area contributed by atoms with Crippen molar-refractivity contribution in [2.75, 3.05) is 11.9 Å². The highest BCUT2D eigenvalue weighted by Crippen LogP contribution is 2.21. The minimum Gasteiger partial charge on any atom is -0.462 e. The van der Waals surface area contributed by atoms with E-state index < -0.39 is 5.97 Å². The number of nitrogens with one attached hydrogen (secondary N) is 1. The quantitative estimate of drug-likeness (QED) is 0.700. The number of amides is 1. The zero-order valence-corrected chi connectivity index (χ0v) is 15.3. The Morgan fingerprint density at radius 2 is 2.04 bits per heavy atom. The SMILES string of the molecule is CCOC(=O)c1cccc(NC(=O)Cn2ccc3sc(C)cc3c2=O)c1. The summed E-state index contributed by atoms with van der Waals surface area (Å²) in [5.41, 5.74) is 0.639. The second-order valence-corrected chi connectivity index (χ2v) is 7.02. The minimum absolute atomic E-state index is 0.104. The molecule has 0 bridgehead atoms. The number of hydrogen-bond donors (Lipinski definition) is 1. The summed E-state index contributed by atoms with van der Waals surface area (Å²) in [5, 5.41) is 3.32. The van der Waals surface area contributed by atoms with Gasteiger partial charge in [0.25, 0.3) is 5.56 Å². The van der Waals surface area contributed by atoms with Gasteiger partial charge in [0, 0.05) is 21.5 Å². The van der Waals surface area contributed by atoms with Crippen LogP contribution in [0.25, 0.3) is 10.1 Å². The van der Waals surface area contributed by atoms with Crippen LogP contribution >= 0.6 is 11.3 Å². The molecule has 1 N–H and O–H groups in total. The summed E-state index contributed by atoms with van der Waals surface area (Å²) in [5.74, 6) is -0.794. The van der Waals surface area contributed by atoms with Gasteiger partial charge in [0.15, 0.2) is 0 Å². The molecule has 0 saturated carbocycles. The number of aryl methyl sites for hydroxylation is 1. The van der Waals surface area contributed by atoms with Crippen LogP contribution in [0.1, 0.15) is 22.2 Å². The largest absolute Gasteiger partial charge is 0.462 e. The summed E-state index contributed by atoms with van der Waals surface area (Å²) in [6.45, 7) is 3.85. The van der Waals surface area contributed by atoms with Crippen LogP contribution in [0.15, 0.2) is 47.4 Å². The third-order valence-electron chi connectivity index (χ3n) is 3.75. The second-order valence-electron chi connectivity index (χ2n) is 5.73. The van der Waals surface area contributed by atoms with Crippen molar-refractivity contribution in [2.24, 2.45) is 0 Å². The maximum Gasteiger partial charge on any atom is 0.338 e. The summed E-state index contributed by atoms with van der Waals surface area (Å²) < 4.78 is 7.23. The van der Waals surface area contributed by atoms with Gasteiger partial charge in [-0.15, -0.1) is 11.3 Å². The van der Waals surface area contributed by atoms with E-state index in [-0.39, 0.29) is 24.6 Å². The molecule has 7 heteroatoms. The van der Waals surface area contributed by atoms with Crippen molar-refractivity contribution in [2.45, 2.75) is 20.4 Å². The number of thiophene rings is 1. The molecule has 3 aromatic rings. The predicted molar refractivity (Wildman–Crippen MR) is 102 cm³/mol. The minimum atomic E-state index is -0.446. The maximum atomic E-state index is 12.5. The van der Waals surface area contributed by atoms with E-state index in [0.29, 0.717) is 16.6 Å². The van der Waals surface area contributed by atoms with Gasteiger partial charge >= 0.3 is 5.97 Å². The number of anilines is 1. The fraction of sp³-hybridized carbons (Fsp3) is 0.211. The van der Waals surface area contributed by atoms with E-state index >= 15 is 0 Å². The van der Waals surface area contributed by atoms with E-state index in [1.165, 1.54) is 4.57 Å². The van der Waals surface area contributed by atoms with Crippen LogP contribution in [0.3, 0.4) is 0 Å². The average Bonchev–Trinajstić information content (AvgIpc) is 2.99. The molecule has 1 amide bonds. The Labute approximate surface area is 154 Å². The van der Waals surface area contributed by atoms with E-state index in [1.807, 2.05) is 19.1 Å². The van der Waals surface area contributed by atoms with Crippen molar-refractivity contribution >= 4 is 39.0 Å².